The highest BCUT2D eigenvalue weighted by molar-refractivity contribution is 7.88. The van der Waals surface area contributed by atoms with Gasteiger partial charge in [0.25, 0.3) is 5.91 Å². The fraction of sp³-hybridized carbons (Fsp3) is 0.533. The van der Waals surface area contributed by atoms with E-state index >= 15 is 0 Å². The van der Waals surface area contributed by atoms with Gasteiger partial charge in [0, 0.05) is 24.7 Å². The van der Waals surface area contributed by atoms with Gasteiger partial charge in [-0.15, -0.1) is 0 Å². The van der Waals surface area contributed by atoms with E-state index in [0.717, 1.165) is 11.1 Å². The third kappa shape index (κ3) is 4.04. The van der Waals surface area contributed by atoms with Crippen molar-refractivity contribution in [1.82, 2.24) is 9.62 Å². The van der Waals surface area contributed by atoms with Gasteiger partial charge in [-0.05, 0) is 38.3 Å². The Bertz CT molecular complexity index is 632. The van der Waals surface area contributed by atoms with Gasteiger partial charge < -0.3 is 5.32 Å². The molecule has 0 spiro atoms. The van der Waals surface area contributed by atoms with Crippen molar-refractivity contribution in [3.05, 3.63) is 34.9 Å². The lowest BCUT2D eigenvalue weighted by atomic mass is 10.0. The van der Waals surface area contributed by atoms with Gasteiger partial charge in [-0.1, -0.05) is 17.7 Å². The van der Waals surface area contributed by atoms with Gasteiger partial charge in [-0.3, -0.25) is 4.79 Å². The summed E-state index contributed by atoms with van der Waals surface area (Å²) in [5.41, 5.74) is 2.70. The predicted octanol–water partition coefficient (Wildman–Crippen LogP) is 1.46. The van der Waals surface area contributed by atoms with Crippen LogP contribution in [0.5, 0.6) is 0 Å². The van der Waals surface area contributed by atoms with Crippen molar-refractivity contribution < 1.29 is 13.2 Å². The summed E-state index contributed by atoms with van der Waals surface area (Å²) < 4.78 is 24.4. The van der Waals surface area contributed by atoms with E-state index in [1.807, 2.05) is 32.0 Å². The van der Waals surface area contributed by atoms with E-state index in [1.54, 1.807) is 0 Å². The summed E-state index contributed by atoms with van der Waals surface area (Å²) >= 11 is 0. The Kier molecular flexibility index (Phi) is 4.68. The number of aryl methyl sites for hydroxylation is 2. The maximum Gasteiger partial charge on any atom is 0.251 e. The number of nitrogens with zero attached hydrogens (tertiary/aromatic N) is 1. The zero-order valence-electron chi connectivity index (χ0n) is 12.7. The van der Waals surface area contributed by atoms with Crippen molar-refractivity contribution in [2.45, 2.75) is 32.7 Å². The molecule has 21 heavy (non-hydrogen) atoms. The number of sulfonamides is 1. The van der Waals surface area contributed by atoms with Crippen molar-refractivity contribution in [2.75, 3.05) is 19.3 Å². The Hall–Kier alpha value is -1.40. The molecule has 2 rings (SSSR count). The summed E-state index contributed by atoms with van der Waals surface area (Å²) in [6.07, 6.45) is 2.54. The Morgan fingerprint density at radius 2 is 1.86 bits per heavy atom. The SMILES string of the molecule is Cc1ccc(C)c(C(=O)NC2CCN(S(C)(=O)=O)CC2)c1. The molecule has 116 valence electrons. The number of hydrogen-bond donors (Lipinski definition) is 1. The van der Waals surface area contributed by atoms with E-state index in [0.29, 0.717) is 31.5 Å². The zero-order chi connectivity index (χ0) is 15.6. The standard InChI is InChI=1S/C15H22N2O3S/c1-11-4-5-12(2)14(10-11)15(18)16-13-6-8-17(9-7-13)21(3,19)20/h4-5,10,13H,6-9H2,1-3H3,(H,16,18). The second kappa shape index (κ2) is 6.15. The topological polar surface area (TPSA) is 66.5 Å². The van der Waals surface area contributed by atoms with E-state index in [4.69, 9.17) is 0 Å². The molecule has 1 aromatic carbocycles. The minimum atomic E-state index is -3.12. The Labute approximate surface area is 126 Å². The molecule has 0 aliphatic carbocycles. The first kappa shape index (κ1) is 16.0. The lowest BCUT2D eigenvalue weighted by Crippen LogP contribution is -2.46. The second-order valence-electron chi connectivity index (χ2n) is 5.73. The molecule has 5 nitrogen and oxygen atoms in total. The summed E-state index contributed by atoms with van der Waals surface area (Å²) in [6, 6.07) is 5.85. The van der Waals surface area contributed by atoms with Crippen LogP contribution in [0, 0.1) is 13.8 Å². The van der Waals surface area contributed by atoms with E-state index in [1.165, 1.54) is 10.6 Å². The fourth-order valence-corrected chi connectivity index (χ4v) is 3.45. The summed E-state index contributed by atoms with van der Waals surface area (Å²) in [6.45, 7) is 4.81. The molecule has 1 aliphatic rings. The molecule has 6 heteroatoms. The van der Waals surface area contributed by atoms with E-state index < -0.39 is 10.0 Å². The summed E-state index contributed by atoms with van der Waals surface area (Å²) in [4.78, 5) is 12.3. The number of amides is 1. The molecule has 1 saturated heterocycles. The van der Waals surface area contributed by atoms with Crippen molar-refractivity contribution in [3.63, 3.8) is 0 Å². The third-order valence-corrected chi connectivity index (χ3v) is 5.20. The highest BCUT2D eigenvalue weighted by atomic mass is 32.2. The number of nitrogens with one attached hydrogen (secondary N) is 1. The second-order valence-corrected chi connectivity index (χ2v) is 7.71. The van der Waals surface area contributed by atoms with Gasteiger partial charge in [-0.2, -0.15) is 0 Å². The lowest BCUT2D eigenvalue weighted by Gasteiger charge is -2.30. The van der Waals surface area contributed by atoms with E-state index in [9.17, 15) is 13.2 Å². The molecule has 1 heterocycles. The van der Waals surface area contributed by atoms with Crippen LogP contribution in [0.1, 0.15) is 34.3 Å². The lowest BCUT2D eigenvalue weighted by molar-refractivity contribution is 0.0923. The summed E-state index contributed by atoms with van der Waals surface area (Å²) in [5.74, 6) is -0.0750. The monoisotopic (exact) mass is 310 g/mol. The van der Waals surface area contributed by atoms with Crippen molar-refractivity contribution in [3.8, 4) is 0 Å². The van der Waals surface area contributed by atoms with Crippen LogP contribution < -0.4 is 5.32 Å². The normalized spacial score (nSPS) is 17.7. The average Bonchev–Trinajstić information content (AvgIpc) is 2.41. The molecule has 1 aliphatic heterocycles. The minimum absolute atomic E-state index is 0.0374. The number of carbonyl (C=O) groups excluding carboxylic acids is 1. The first-order valence-electron chi connectivity index (χ1n) is 7.10. The Morgan fingerprint density at radius 1 is 1.24 bits per heavy atom. The molecule has 1 N–H and O–H groups in total. The quantitative estimate of drug-likeness (QED) is 0.919. The molecular formula is C15H22N2O3S. The van der Waals surface area contributed by atoms with Crippen LogP contribution >= 0.6 is 0 Å². The number of piperidine rings is 1. The number of rotatable bonds is 3. The number of benzene rings is 1. The highest BCUT2D eigenvalue weighted by Gasteiger charge is 2.26. The maximum absolute atomic E-state index is 12.3. The third-order valence-electron chi connectivity index (χ3n) is 3.90. The first-order valence-corrected chi connectivity index (χ1v) is 8.95. The molecule has 0 radical (unpaired) electrons. The smallest absolute Gasteiger partial charge is 0.251 e. The minimum Gasteiger partial charge on any atom is -0.349 e. The Morgan fingerprint density at radius 3 is 2.43 bits per heavy atom. The molecule has 0 unspecified atom stereocenters. The molecule has 0 atom stereocenters. The van der Waals surface area contributed by atoms with E-state index in [-0.39, 0.29) is 11.9 Å². The summed E-state index contributed by atoms with van der Waals surface area (Å²) in [7, 11) is -3.12. The molecule has 1 aromatic rings. The van der Waals surface area contributed by atoms with Gasteiger partial charge in [0.2, 0.25) is 10.0 Å². The van der Waals surface area contributed by atoms with Crippen molar-refractivity contribution in [1.29, 1.82) is 0 Å². The molecule has 1 fully saturated rings. The van der Waals surface area contributed by atoms with Crippen LogP contribution in [0.2, 0.25) is 0 Å². The van der Waals surface area contributed by atoms with Crippen LogP contribution in [-0.4, -0.2) is 44.0 Å². The molecule has 0 aromatic heterocycles. The summed E-state index contributed by atoms with van der Waals surface area (Å²) in [5, 5.41) is 3.01. The predicted molar refractivity (Wildman–Crippen MR) is 82.8 cm³/mol. The molecule has 0 bridgehead atoms. The zero-order valence-corrected chi connectivity index (χ0v) is 13.5. The van der Waals surface area contributed by atoms with Gasteiger partial charge in [0.05, 0.1) is 6.26 Å². The molecular weight excluding hydrogens is 288 g/mol. The van der Waals surface area contributed by atoms with Crippen LogP contribution in [0.4, 0.5) is 0 Å². The molecule has 1 amide bonds. The van der Waals surface area contributed by atoms with Crippen LogP contribution in [-0.2, 0) is 10.0 Å². The Balaban J connectivity index is 1.97. The van der Waals surface area contributed by atoms with E-state index in [2.05, 4.69) is 5.32 Å². The number of hydrogen-bond acceptors (Lipinski definition) is 3. The van der Waals surface area contributed by atoms with Crippen molar-refractivity contribution >= 4 is 15.9 Å². The highest BCUT2D eigenvalue weighted by Crippen LogP contribution is 2.15. The fourth-order valence-electron chi connectivity index (χ4n) is 2.58. The van der Waals surface area contributed by atoms with Gasteiger partial charge >= 0.3 is 0 Å². The molecule has 0 saturated carbocycles. The maximum atomic E-state index is 12.3. The van der Waals surface area contributed by atoms with Crippen LogP contribution in [0.3, 0.4) is 0 Å². The van der Waals surface area contributed by atoms with Crippen LogP contribution in [0.25, 0.3) is 0 Å². The average molecular weight is 310 g/mol. The first-order chi connectivity index (χ1) is 9.77. The number of carbonyl (C=O) groups is 1. The van der Waals surface area contributed by atoms with Gasteiger partial charge in [0.1, 0.15) is 0 Å². The van der Waals surface area contributed by atoms with Gasteiger partial charge in [0.15, 0.2) is 0 Å². The van der Waals surface area contributed by atoms with Crippen molar-refractivity contribution in [2.24, 2.45) is 0 Å². The van der Waals surface area contributed by atoms with Crippen LogP contribution in [0.15, 0.2) is 18.2 Å². The van der Waals surface area contributed by atoms with Gasteiger partial charge in [-0.25, -0.2) is 12.7 Å². The largest absolute Gasteiger partial charge is 0.349 e.